The molecule has 0 bridgehead atoms. The van der Waals surface area contributed by atoms with Gasteiger partial charge in [0, 0.05) is 17.2 Å². The normalized spacial score (nSPS) is 12.5. The average molecular weight is 348 g/mol. The highest BCUT2D eigenvalue weighted by Gasteiger charge is 2.17. The molecule has 0 radical (unpaired) electrons. The summed E-state index contributed by atoms with van der Waals surface area (Å²) in [7, 11) is 1.56. The van der Waals surface area contributed by atoms with Crippen molar-refractivity contribution in [2.75, 3.05) is 13.9 Å². The van der Waals surface area contributed by atoms with E-state index < -0.39 is 0 Å². The van der Waals surface area contributed by atoms with Crippen molar-refractivity contribution in [3.05, 3.63) is 65.7 Å². The Balaban J connectivity index is 1.56. The maximum atomic E-state index is 12.5. The molecule has 1 heterocycles. The fourth-order valence-electron chi connectivity index (χ4n) is 2.86. The van der Waals surface area contributed by atoms with Crippen LogP contribution in [-0.4, -0.2) is 26.0 Å². The van der Waals surface area contributed by atoms with Crippen LogP contribution in [0.2, 0.25) is 0 Å². The number of hydrogen-bond acceptors (Lipinski definition) is 5. The van der Waals surface area contributed by atoms with Crippen molar-refractivity contribution < 1.29 is 19.0 Å². The Labute approximate surface area is 150 Å². The molecule has 1 aliphatic rings. The average Bonchev–Trinajstić information content (AvgIpc) is 3.14. The minimum absolute atomic E-state index is 0.177. The van der Waals surface area contributed by atoms with Crippen molar-refractivity contribution in [1.29, 1.82) is 0 Å². The van der Waals surface area contributed by atoms with Gasteiger partial charge in [-0.05, 0) is 22.9 Å². The van der Waals surface area contributed by atoms with Gasteiger partial charge in [-0.15, -0.1) is 0 Å². The molecular formula is C20H16N2O4. The Morgan fingerprint density at radius 1 is 1.12 bits per heavy atom. The molecule has 4 rings (SSSR count). The van der Waals surface area contributed by atoms with Gasteiger partial charge in [-0.3, -0.25) is 4.79 Å². The summed E-state index contributed by atoms with van der Waals surface area (Å²) in [6.45, 7) is 0.177. The molecule has 0 spiro atoms. The molecule has 1 amide bonds. The first-order valence-corrected chi connectivity index (χ1v) is 8.05. The Kier molecular flexibility index (Phi) is 4.15. The second-order valence-corrected chi connectivity index (χ2v) is 5.67. The van der Waals surface area contributed by atoms with Crippen molar-refractivity contribution in [3.8, 4) is 17.2 Å². The number of fused-ring (bicyclic) bond motifs is 2. The molecule has 6 heteroatoms. The van der Waals surface area contributed by atoms with Crippen LogP contribution >= 0.6 is 0 Å². The Hall–Kier alpha value is -3.54. The van der Waals surface area contributed by atoms with E-state index in [0.717, 1.165) is 10.8 Å². The van der Waals surface area contributed by atoms with E-state index in [9.17, 15) is 4.79 Å². The van der Waals surface area contributed by atoms with Gasteiger partial charge in [0.2, 0.25) is 6.79 Å². The Morgan fingerprint density at radius 3 is 2.73 bits per heavy atom. The third-order valence-electron chi connectivity index (χ3n) is 4.13. The van der Waals surface area contributed by atoms with E-state index in [-0.39, 0.29) is 12.7 Å². The quantitative estimate of drug-likeness (QED) is 0.580. The molecule has 0 aromatic heterocycles. The van der Waals surface area contributed by atoms with Gasteiger partial charge >= 0.3 is 0 Å². The summed E-state index contributed by atoms with van der Waals surface area (Å²) >= 11 is 0. The first-order chi connectivity index (χ1) is 12.8. The van der Waals surface area contributed by atoms with E-state index in [0.29, 0.717) is 28.4 Å². The van der Waals surface area contributed by atoms with Gasteiger partial charge in [0.15, 0.2) is 11.5 Å². The molecule has 0 unspecified atom stereocenters. The summed E-state index contributed by atoms with van der Waals surface area (Å²) in [5, 5.41) is 5.94. The number of hydrazone groups is 1. The minimum atomic E-state index is -0.280. The SMILES string of the molecule is COc1cc2c(cc1/C=N/NC(=O)c1cccc3ccccc13)OCO2. The molecule has 0 saturated heterocycles. The molecule has 3 aromatic carbocycles. The molecule has 1 aliphatic heterocycles. The van der Waals surface area contributed by atoms with Crippen LogP contribution in [0.1, 0.15) is 15.9 Å². The van der Waals surface area contributed by atoms with E-state index >= 15 is 0 Å². The van der Waals surface area contributed by atoms with Crippen LogP contribution in [0, 0.1) is 0 Å². The summed E-state index contributed by atoms with van der Waals surface area (Å²) in [6, 6.07) is 16.8. The lowest BCUT2D eigenvalue weighted by Crippen LogP contribution is -2.18. The largest absolute Gasteiger partial charge is 0.496 e. The molecule has 130 valence electrons. The Morgan fingerprint density at radius 2 is 1.88 bits per heavy atom. The van der Waals surface area contributed by atoms with Crippen molar-refractivity contribution >= 4 is 22.9 Å². The molecule has 0 saturated carbocycles. The topological polar surface area (TPSA) is 69.2 Å². The van der Waals surface area contributed by atoms with E-state index in [1.807, 2.05) is 36.4 Å². The molecule has 3 aromatic rings. The van der Waals surface area contributed by atoms with Crippen molar-refractivity contribution in [2.24, 2.45) is 5.10 Å². The highest BCUT2D eigenvalue weighted by molar-refractivity contribution is 6.07. The van der Waals surface area contributed by atoms with E-state index in [4.69, 9.17) is 14.2 Å². The summed E-state index contributed by atoms with van der Waals surface area (Å²) in [5.74, 6) is 1.54. The van der Waals surface area contributed by atoms with Crippen LogP contribution in [0.3, 0.4) is 0 Å². The van der Waals surface area contributed by atoms with Crippen molar-refractivity contribution in [2.45, 2.75) is 0 Å². The van der Waals surface area contributed by atoms with Crippen LogP contribution < -0.4 is 19.6 Å². The molecule has 26 heavy (non-hydrogen) atoms. The predicted molar refractivity (Wildman–Crippen MR) is 98.1 cm³/mol. The molecule has 0 fully saturated rings. The lowest BCUT2D eigenvalue weighted by atomic mass is 10.0. The standard InChI is InChI=1S/C20H16N2O4/c1-24-17-10-19-18(25-12-26-19)9-14(17)11-21-22-20(23)16-8-4-6-13-5-2-3-7-15(13)16/h2-11H,12H2,1H3,(H,22,23)/b21-11+. The second-order valence-electron chi connectivity index (χ2n) is 5.67. The zero-order valence-corrected chi connectivity index (χ0v) is 14.1. The highest BCUT2D eigenvalue weighted by atomic mass is 16.7. The monoisotopic (exact) mass is 348 g/mol. The highest BCUT2D eigenvalue weighted by Crippen LogP contribution is 2.37. The zero-order valence-electron chi connectivity index (χ0n) is 14.1. The summed E-state index contributed by atoms with van der Waals surface area (Å²) < 4.78 is 16.0. The van der Waals surface area contributed by atoms with Gasteiger partial charge in [0.05, 0.1) is 13.3 Å². The number of carbonyl (C=O) groups excluding carboxylic acids is 1. The summed E-state index contributed by atoms with van der Waals surface area (Å²) in [5.41, 5.74) is 3.80. The lowest BCUT2D eigenvalue weighted by Gasteiger charge is -2.07. The van der Waals surface area contributed by atoms with Crippen LogP contribution in [0.5, 0.6) is 17.2 Å². The number of ether oxygens (including phenoxy) is 3. The van der Waals surface area contributed by atoms with Gasteiger partial charge in [-0.2, -0.15) is 5.10 Å². The number of rotatable bonds is 4. The minimum Gasteiger partial charge on any atom is -0.496 e. The number of amides is 1. The van der Waals surface area contributed by atoms with Crippen molar-refractivity contribution in [1.82, 2.24) is 5.43 Å². The molecular weight excluding hydrogens is 332 g/mol. The lowest BCUT2D eigenvalue weighted by molar-refractivity contribution is 0.0957. The molecule has 1 N–H and O–H groups in total. The molecule has 0 aliphatic carbocycles. The third kappa shape index (κ3) is 2.93. The second kappa shape index (κ2) is 6.76. The Bertz CT molecular complexity index is 1010. The fraction of sp³-hybridized carbons (Fsp3) is 0.100. The third-order valence-corrected chi connectivity index (χ3v) is 4.13. The number of methoxy groups -OCH3 is 1. The number of carbonyl (C=O) groups is 1. The fourth-order valence-corrected chi connectivity index (χ4v) is 2.86. The first kappa shape index (κ1) is 16.0. The number of nitrogens with one attached hydrogen (secondary N) is 1. The summed E-state index contributed by atoms with van der Waals surface area (Å²) in [4.78, 5) is 12.5. The van der Waals surface area contributed by atoms with Gasteiger partial charge in [0.25, 0.3) is 5.91 Å². The van der Waals surface area contributed by atoms with Crippen molar-refractivity contribution in [3.63, 3.8) is 0 Å². The van der Waals surface area contributed by atoms with Crippen LogP contribution in [0.25, 0.3) is 10.8 Å². The first-order valence-electron chi connectivity index (χ1n) is 8.05. The predicted octanol–water partition coefficient (Wildman–Crippen LogP) is 3.34. The van der Waals surface area contributed by atoms with Crippen LogP contribution in [0.15, 0.2) is 59.7 Å². The smallest absolute Gasteiger partial charge is 0.271 e. The maximum Gasteiger partial charge on any atom is 0.271 e. The van der Waals surface area contributed by atoms with Gasteiger partial charge in [-0.1, -0.05) is 36.4 Å². The number of nitrogens with zero attached hydrogens (tertiary/aromatic N) is 1. The zero-order chi connectivity index (χ0) is 17.9. The van der Waals surface area contributed by atoms with E-state index in [2.05, 4.69) is 10.5 Å². The summed E-state index contributed by atoms with van der Waals surface area (Å²) in [6.07, 6.45) is 1.52. The number of benzene rings is 3. The van der Waals surface area contributed by atoms with Gasteiger partial charge in [0.1, 0.15) is 5.75 Å². The molecule has 0 atom stereocenters. The van der Waals surface area contributed by atoms with E-state index in [1.54, 1.807) is 25.3 Å². The van der Waals surface area contributed by atoms with Crippen LogP contribution in [0.4, 0.5) is 0 Å². The maximum absolute atomic E-state index is 12.5. The van der Waals surface area contributed by atoms with Gasteiger partial charge in [-0.25, -0.2) is 5.43 Å². The van der Waals surface area contributed by atoms with Gasteiger partial charge < -0.3 is 14.2 Å². The van der Waals surface area contributed by atoms with E-state index in [1.165, 1.54) is 6.21 Å². The van der Waals surface area contributed by atoms with Crippen LogP contribution in [-0.2, 0) is 0 Å². The number of hydrogen-bond donors (Lipinski definition) is 1. The molecule has 6 nitrogen and oxygen atoms in total.